The molecule has 0 aliphatic rings. The van der Waals surface area contributed by atoms with Crippen molar-refractivity contribution >= 4 is 21.9 Å². The fourth-order valence-corrected chi connectivity index (χ4v) is 2.30. The summed E-state index contributed by atoms with van der Waals surface area (Å²) >= 11 is 2.90. The summed E-state index contributed by atoms with van der Waals surface area (Å²) in [5, 5.41) is 20.6. The number of esters is 1. The number of hydrogen-bond donors (Lipinski definition) is 1. The van der Waals surface area contributed by atoms with Gasteiger partial charge >= 0.3 is 10.4 Å². The Labute approximate surface area is 140 Å². The third-order valence-electron chi connectivity index (χ3n) is 3.73. The maximum Gasteiger partial charge on any atom is 0.335 e. The maximum absolute atomic E-state index is 11.7. The molecule has 3 atom stereocenters. The predicted octanol–water partition coefficient (Wildman–Crippen LogP) is 3.81. The van der Waals surface area contributed by atoms with Gasteiger partial charge in [0.25, 0.3) is 0 Å². The molecule has 0 aromatic rings. The summed E-state index contributed by atoms with van der Waals surface area (Å²) in [5.41, 5.74) is 0. The number of rotatable bonds is 12. The van der Waals surface area contributed by atoms with E-state index in [0.717, 1.165) is 19.3 Å². The zero-order chi connectivity index (χ0) is 17.2. The van der Waals surface area contributed by atoms with Crippen LogP contribution in [-0.2, 0) is 9.53 Å². The number of hydrogen-bond acceptors (Lipinski definition) is 5. The van der Waals surface area contributed by atoms with Crippen molar-refractivity contribution in [3.8, 4) is 0 Å². The fraction of sp³-hybridized carbons (Fsp3) is 0.933. The van der Waals surface area contributed by atoms with Gasteiger partial charge in [0, 0.05) is 27.3 Å². The Kier molecular flexibility index (Phi) is 10.6. The van der Waals surface area contributed by atoms with E-state index in [1.54, 1.807) is 0 Å². The van der Waals surface area contributed by atoms with E-state index in [4.69, 9.17) is 4.74 Å². The van der Waals surface area contributed by atoms with E-state index in [0.29, 0.717) is 0 Å². The standard InChI is InChI=1S/C15H28BrNO5/c1-4-5-6-7-8-9-10-11-14(19)22-13(3)15(16,12(2)18)17(20)21/h12-13,18H,4-11H2,1-3H3. The first-order valence-corrected chi connectivity index (χ1v) is 8.77. The smallest absolute Gasteiger partial charge is 0.335 e. The number of carbonyl (C=O) groups excluding carboxylic acids is 1. The second-order valence-electron chi connectivity index (χ2n) is 5.66. The quantitative estimate of drug-likeness (QED) is 0.138. The lowest BCUT2D eigenvalue weighted by Crippen LogP contribution is -2.52. The topological polar surface area (TPSA) is 89.7 Å². The lowest BCUT2D eigenvalue weighted by atomic mass is 10.1. The van der Waals surface area contributed by atoms with E-state index in [1.807, 2.05) is 0 Å². The minimum atomic E-state index is -1.87. The van der Waals surface area contributed by atoms with Gasteiger partial charge in [-0.1, -0.05) is 45.4 Å². The van der Waals surface area contributed by atoms with E-state index in [-0.39, 0.29) is 6.42 Å². The van der Waals surface area contributed by atoms with Crippen LogP contribution in [0.1, 0.15) is 72.1 Å². The van der Waals surface area contributed by atoms with Crippen LogP contribution in [0, 0.1) is 10.1 Å². The van der Waals surface area contributed by atoms with Crippen LogP contribution in [0.3, 0.4) is 0 Å². The number of aliphatic hydroxyl groups excluding tert-OH is 1. The molecule has 0 aliphatic carbocycles. The molecule has 0 bridgehead atoms. The van der Waals surface area contributed by atoms with Gasteiger partial charge in [0.2, 0.25) is 0 Å². The Hall–Kier alpha value is -0.690. The molecule has 0 aliphatic heterocycles. The van der Waals surface area contributed by atoms with Gasteiger partial charge in [0.1, 0.15) is 6.10 Å². The summed E-state index contributed by atoms with van der Waals surface area (Å²) < 4.78 is 3.22. The summed E-state index contributed by atoms with van der Waals surface area (Å²) in [6.45, 7) is 4.87. The number of nitrogens with zero attached hydrogens (tertiary/aromatic N) is 1. The summed E-state index contributed by atoms with van der Waals surface area (Å²) in [4.78, 5) is 22.1. The number of nitro groups is 1. The molecule has 0 aromatic carbocycles. The highest BCUT2D eigenvalue weighted by molar-refractivity contribution is 9.10. The molecule has 22 heavy (non-hydrogen) atoms. The number of unbranched alkanes of at least 4 members (excludes halogenated alkanes) is 6. The van der Waals surface area contributed by atoms with Crippen LogP contribution in [0.25, 0.3) is 0 Å². The molecule has 3 unspecified atom stereocenters. The molecule has 0 radical (unpaired) electrons. The zero-order valence-corrected chi connectivity index (χ0v) is 15.3. The molecule has 130 valence electrons. The monoisotopic (exact) mass is 381 g/mol. The summed E-state index contributed by atoms with van der Waals surface area (Å²) in [5.74, 6) is -0.465. The van der Waals surface area contributed by atoms with Gasteiger partial charge < -0.3 is 9.84 Å². The molecule has 0 saturated heterocycles. The van der Waals surface area contributed by atoms with Gasteiger partial charge in [-0.3, -0.25) is 14.9 Å². The Bertz CT molecular complexity index is 351. The zero-order valence-electron chi connectivity index (χ0n) is 13.7. The van der Waals surface area contributed by atoms with E-state index in [2.05, 4.69) is 22.9 Å². The molecule has 0 spiro atoms. The van der Waals surface area contributed by atoms with E-state index >= 15 is 0 Å². The van der Waals surface area contributed by atoms with Crippen LogP contribution in [0.15, 0.2) is 0 Å². The van der Waals surface area contributed by atoms with Crippen molar-refractivity contribution in [2.24, 2.45) is 0 Å². The molecule has 1 N–H and O–H groups in total. The van der Waals surface area contributed by atoms with Gasteiger partial charge in [0.15, 0.2) is 6.10 Å². The molecule has 0 amide bonds. The SMILES string of the molecule is CCCCCCCCCC(=O)OC(C)C(Br)(C(C)O)[N+](=O)[O-]. The van der Waals surface area contributed by atoms with Crippen molar-refractivity contribution in [2.75, 3.05) is 0 Å². The van der Waals surface area contributed by atoms with Gasteiger partial charge in [-0.15, -0.1) is 0 Å². The normalized spacial score (nSPS) is 16.6. The predicted molar refractivity (Wildman–Crippen MR) is 88.5 cm³/mol. The highest BCUT2D eigenvalue weighted by Crippen LogP contribution is 2.30. The van der Waals surface area contributed by atoms with Gasteiger partial charge in [0.05, 0.1) is 0 Å². The lowest BCUT2D eigenvalue weighted by molar-refractivity contribution is -0.557. The molecule has 0 heterocycles. The third-order valence-corrected chi connectivity index (χ3v) is 5.33. The Morgan fingerprint density at radius 3 is 2.18 bits per heavy atom. The van der Waals surface area contributed by atoms with Crippen molar-refractivity contribution < 1.29 is 19.6 Å². The average molecular weight is 382 g/mol. The van der Waals surface area contributed by atoms with Gasteiger partial charge in [-0.25, -0.2) is 0 Å². The van der Waals surface area contributed by atoms with Crippen LogP contribution < -0.4 is 0 Å². The summed E-state index contributed by atoms with van der Waals surface area (Å²) in [6, 6.07) is 0. The van der Waals surface area contributed by atoms with Crippen LogP contribution in [0.5, 0.6) is 0 Å². The van der Waals surface area contributed by atoms with Crippen molar-refractivity contribution in [1.29, 1.82) is 0 Å². The molecular formula is C15H28BrNO5. The Morgan fingerprint density at radius 2 is 1.73 bits per heavy atom. The second kappa shape index (κ2) is 10.9. The molecule has 0 rings (SSSR count). The molecule has 0 fully saturated rings. The Morgan fingerprint density at radius 1 is 1.23 bits per heavy atom. The van der Waals surface area contributed by atoms with Crippen molar-refractivity contribution in [1.82, 2.24) is 0 Å². The lowest BCUT2D eigenvalue weighted by Gasteiger charge is -2.27. The molecule has 0 aromatic heterocycles. The Balaban J connectivity index is 4.07. The maximum atomic E-state index is 11.7. The second-order valence-corrected chi connectivity index (χ2v) is 6.93. The van der Waals surface area contributed by atoms with Gasteiger partial charge in [-0.2, -0.15) is 0 Å². The largest absolute Gasteiger partial charge is 0.454 e. The van der Waals surface area contributed by atoms with Crippen LogP contribution >= 0.6 is 15.9 Å². The van der Waals surface area contributed by atoms with Crippen LogP contribution in [0.2, 0.25) is 0 Å². The van der Waals surface area contributed by atoms with Crippen molar-refractivity contribution in [3.05, 3.63) is 10.1 Å². The molecule has 7 heteroatoms. The van der Waals surface area contributed by atoms with E-state index in [1.165, 1.54) is 39.5 Å². The number of aliphatic hydroxyl groups is 1. The van der Waals surface area contributed by atoms with E-state index < -0.39 is 27.5 Å². The first-order chi connectivity index (χ1) is 10.3. The number of alkyl halides is 1. The van der Waals surface area contributed by atoms with Crippen molar-refractivity contribution in [3.63, 3.8) is 0 Å². The first kappa shape index (κ1) is 21.3. The van der Waals surface area contributed by atoms with Gasteiger partial charge in [-0.05, 0) is 20.3 Å². The fourth-order valence-electron chi connectivity index (χ4n) is 2.21. The van der Waals surface area contributed by atoms with Crippen molar-refractivity contribution in [2.45, 2.75) is 88.8 Å². The first-order valence-electron chi connectivity index (χ1n) is 7.97. The van der Waals surface area contributed by atoms with Crippen LogP contribution in [0.4, 0.5) is 0 Å². The number of carbonyl (C=O) groups is 1. The third kappa shape index (κ3) is 7.05. The summed E-state index contributed by atoms with van der Waals surface area (Å²) in [7, 11) is 0. The summed E-state index contributed by atoms with van der Waals surface area (Å²) in [6.07, 6.45) is 5.52. The van der Waals surface area contributed by atoms with E-state index in [9.17, 15) is 20.0 Å². The minimum absolute atomic E-state index is 0.249. The minimum Gasteiger partial charge on any atom is -0.454 e. The highest BCUT2D eigenvalue weighted by Gasteiger charge is 2.52. The molecular weight excluding hydrogens is 354 g/mol. The highest BCUT2D eigenvalue weighted by atomic mass is 79.9. The number of halogens is 1. The average Bonchev–Trinajstić information content (AvgIpc) is 2.44. The van der Waals surface area contributed by atoms with Crippen LogP contribution in [-0.4, -0.2) is 32.7 Å². The number of ether oxygens (including phenoxy) is 1. The molecule has 0 saturated carbocycles. The molecule has 6 nitrogen and oxygen atoms in total.